The summed E-state index contributed by atoms with van der Waals surface area (Å²) in [7, 11) is -3.63. The minimum Gasteiger partial charge on any atom is -0.199 e. The van der Waals surface area contributed by atoms with Gasteiger partial charge < -0.3 is 0 Å². The van der Waals surface area contributed by atoms with E-state index in [1.54, 1.807) is 18.3 Å². The van der Waals surface area contributed by atoms with Gasteiger partial charge in [-0.1, -0.05) is 56.0 Å². The summed E-state index contributed by atoms with van der Waals surface area (Å²) in [5.74, 6) is 0.396. The van der Waals surface area contributed by atoms with Crippen molar-refractivity contribution in [3.8, 4) is 0 Å². The predicted molar refractivity (Wildman–Crippen MR) is 96.4 cm³/mol. The standard InChI is InChI=1S/C19H24N2O2S/c1-3-4-5-6-16-9-10-17-14-20-21(19(17)13-16)24(22,23)18-11-7-15(2)8-12-18/h7-12,14,16H,3-6,13H2,1-2H3. The third-order valence-electron chi connectivity index (χ3n) is 4.59. The summed E-state index contributed by atoms with van der Waals surface area (Å²) in [6.07, 6.45) is 11.3. The Balaban J connectivity index is 1.88. The number of aromatic nitrogens is 2. The highest BCUT2D eigenvalue weighted by Gasteiger charge is 2.26. The van der Waals surface area contributed by atoms with Crippen LogP contribution in [0.3, 0.4) is 0 Å². The molecule has 0 amide bonds. The molecule has 4 nitrogen and oxygen atoms in total. The highest BCUT2D eigenvalue weighted by molar-refractivity contribution is 7.89. The van der Waals surface area contributed by atoms with E-state index in [1.807, 2.05) is 25.1 Å². The van der Waals surface area contributed by atoms with E-state index in [-0.39, 0.29) is 4.90 Å². The van der Waals surface area contributed by atoms with E-state index < -0.39 is 10.0 Å². The first kappa shape index (κ1) is 17.0. The smallest absolute Gasteiger partial charge is 0.199 e. The molecule has 5 heteroatoms. The largest absolute Gasteiger partial charge is 0.283 e. The highest BCUT2D eigenvalue weighted by atomic mass is 32.2. The Labute approximate surface area is 144 Å². The van der Waals surface area contributed by atoms with Crippen LogP contribution < -0.4 is 0 Å². The van der Waals surface area contributed by atoms with E-state index in [0.29, 0.717) is 5.92 Å². The topological polar surface area (TPSA) is 52.0 Å². The number of fused-ring (bicyclic) bond motifs is 1. The van der Waals surface area contributed by atoms with Crippen molar-refractivity contribution in [3.63, 3.8) is 0 Å². The number of unbranched alkanes of at least 4 members (excludes halogenated alkanes) is 2. The van der Waals surface area contributed by atoms with Crippen LogP contribution in [-0.2, 0) is 16.4 Å². The molecule has 0 radical (unpaired) electrons. The van der Waals surface area contributed by atoms with Crippen LogP contribution in [0.1, 0.15) is 49.4 Å². The molecular weight excluding hydrogens is 320 g/mol. The molecule has 0 saturated carbocycles. The molecule has 0 spiro atoms. The van der Waals surface area contributed by atoms with E-state index in [1.165, 1.54) is 23.3 Å². The maximum absolute atomic E-state index is 12.9. The number of allylic oxidation sites excluding steroid dienone is 1. The Kier molecular flexibility index (Phi) is 4.90. The zero-order chi connectivity index (χ0) is 17.2. The predicted octanol–water partition coefficient (Wildman–Crippen LogP) is 4.19. The van der Waals surface area contributed by atoms with Gasteiger partial charge in [0.15, 0.2) is 0 Å². The lowest BCUT2D eigenvalue weighted by Crippen LogP contribution is -2.20. The Hall–Kier alpha value is -1.88. The van der Waals surface area contributed by atoms with Crippen molar-refractivity contribution in [1.82, 2.24) is 9.19 Å². The van der Waals surface area contributed by atoms with Crippen molar-refractivity contribution in [1.29, 1.82) is 0 Å². The summed E-state index contributed by atoms with van der Waals surface area (Å²) in [6.45, 7) is 4.13. The molecule has 0 bridgehead atoms. The van der Waals surface area contributed by atoms with E-state index >= 15 is 0 Å². The van der Waals surface area contributed by atoms with Crippen LogP contribution in [0.25, 0.3) is 6.08 Å². The third kappa shape index (κ3) is 3.31. The van der Waals surface area contributed by atoms with Gasteiger partial charge in [0.2, 0.25) is 0 Å². The first-order valence-electron chi connectivity index (χ1n) is 8.59. The molecular formula is C19H24N2O2S. The maximum atomic E-state index is 12.9. The Morgan fingerprint density at radius 2 is 1.96 bits per heavy atom. The summed E-state index contributed by atoms with van der Waals surface area (Å²) in [6, 6.07) is 6.93. The number of hydrogen-bond donors (Lipinski definition) is 0. The van der Waals surface area contributed by atoms with Crippen LogP contribution in [0.2, 0.25) is 0 Å². The first-order valence-corrected chi connectivity index (χ1v) is 10.0. The molecule has 1 aromatic heterocycles. The minimum atomic E-state index is -3.63. The average molecular weight is 344 g/mol. The minimum absolute atomic E-state index is 0.288. The Bertz CT molecular complexity index is 833. The van der Waals surface area contributed by atoms with Gasteiger partial charge in [0, 0.05) is 5.56 Å². The van der Waals surface area contributed by atoms with Crippen LogP contribution >= 0.6 is 0 Å². The van der Waals surface area contributed by atoms with Crippen molar-refractivity contribution in [2.45, 2.75) is 50.8 Å². The van der Waals surface area contributed by atoms with Gasteiger partial charge in [0.25, 0.3) is 10.0 Å². The molecule has 1 aliphatic rings. The van der Waals surface area contributed by atoms with E-state index in [9.17, 15) is 8.42 Å². The molecule has 1 aromatic carbocycles. The second-order valence-electron chi connectivity index (χ2n) is 6.53. The maximum Gasteiger partial charge on any atom is 0.283 e. The number of benzene rings is 1. The fourth-order valence-electron chi connectivity index (χ4n) is 3.13. The summed E-state index contributed by atoms with van der Waals surface area (Å²) in [5, 5.41) is 4.18. The molecule has 1 aliphatic carbocycles. The fourth-order valence-corrected chi connectivity index (χ4v) is 4.45. The van der Waals surface area contributed by atoms with Crippen molar-refractivity contribution in [2.24, 2.45) is 5.92 Å². The van der Waals surface area contributed by atoms with Gasteiger partial charge in [-0.25, -0.2) is 0 Å². The Morgan fingerprint density at radius 1 is 1.21 bits per heavy atom. The third-order valence-corrected chi connectivity index (χ3v) is 6.23. The van der Waals surface area contributed by atoms with Gasteiger partial charge in [-0.15, -0.1) is 0 Å². The van der Waals surface area contributed by atoms with E-state index in [4.69, 9.17) is 0 Å². The molecule has 128 valence electrons. The molecule has 1 atom stereocenters. The van der Waals surface area contributed by atoms with Gasteiger partial charge in [-0.3, -0.25) is 0 Å². The SMILES string of the molecule is CCCCCC1C=Cc2cnn(S(=O)(=O)c3ccc(C)cc3)c2C1. The fraction of sp³-hybridized carbons (Fsp3) is 0.421. The Morgan fingerprint density at radius 3 is 2.67 bits per heavy atom. The molecule has 0 aliphatic heterocycles. The van der Waals surface area contributed by atoms with Crippen LogP contribution in [0, 0.1) is 12.8 Å². The summed E-state index contributed by atoms with van der Waals surface area (Å²) < 4.78 is 27.1. The number of aryl methyl sites for hydroxylation is 1. The highest BCUT2D eigenvalue weighted by Crippen LogP contribution is 2.28. The zero-order valence-corrected chi connectivity index (χ0v) is 15.1. The summed E-state index contributed by atoms with van der Waals surface area (Å²) in [4.78, 5) is 0.288. The van der Waals surface area contributed by atoms with Crippen molar-refractivity contribution < 1.29 is 8.42 Å². The van der Waals surface area contributed by atoms with Crippen LogP contribution in [0.15, 0.2) is 41.4 Å². The summed E-state index contributed by atoms with van der Waals surface area (Å²) >= 11 is 0. The van der Waals surface area contributed by atoms with Crippen LogP contribution in [0.4, 0.5) is 0 Å². The molecule has 0 saturated heterocycles. The number of hydrogen-bond acceptors (Lipinski definition) is 3. The average Bonchev–Trinajstić information content (AvgIpc) is 2.99. The molecule has 24 heavy (non-hydrogen) atoms. The normalized spacial score (nSPS) is 17.0. The van der Waals surface area contributed by atoms with Crippen molar-refractivity contribution in [3.05, 3.63) is 53.4 Å². The van der Waals surface area contributed by atoms with Crippen LogP contribution in [0.5, 0.6) is 0 Å². The van der Waals surface area contributed by atoms with Crippen LogP contribution in [-0.4, -0.2) is 17.6 Å². The van der Waals surface area contributed by atoms with E-state index in [0.717, 1.165) is 29.7 Å². The van der Waals surface area contributed by atoms with Gasteiger partial charge in [-0.2, -0.15) is 17.6 Å². The second-order valence-corrected chi connectivity index (χ2v) is 8.29. The molecule has 0 fully saturated rings. The van der Waals surface area contributed by atoms with Crippen molar-refractivity contribution >= 4 is 16.1 Å². The van der Waals surface area contributed by atoms with Gasteiger partial charge >= 0.3 is 0 Å². The lowest BCUT2D eigenvalue weighted by molar-refractivity contribution is 0.522. The molecule has 2 aromatic rings. The monoisotopic (exact) mass is 344 g/mol. The van der Waals surface area contributed by atoms with E-state index in [2.05, 4.69) is 18.1 Å². The molecule has 1 heterocycles. The molecule has 1 unspecified atom stereocenters. The quantitative estimate of drug-likeness (QED) is 0.738. The molecule has 3 rings (SSSR count). The second kappa shape index (κ2) is 6.93. The first-order chi connectivity index (χ1) is 11.5. The molecule has 0 N–H and O–H groups in total. The number of nitrogens with zero attached hydrogens (tertiary/aromatic N) is 2. The van der Waals surface area contributed by atoms with Gasteiger partial charge in [0.05, 0.1) is 16.8 Å². The van der Waals surface area contributed by atoms with Gasteiger partial charge in [-0.05, 0) is 37.8 Å². The lowest BCUT2D eigenvalue weighted by Gasteiger charge is -2.18. The zero-order valence-electron chi connectivity index (χ0n) is 14.3. The van der Waals surface area contributed by atoms with Gasteiger partial charge in [0.1, 0.15) is 0 Å². The summed E-state index contributed by atoms with van der Waals surface area (Å²) in [5.41, 5.74) is 2.76. The van der Waals surface area contributed by atoms with Crippen molar-refractivity contribution in [2.75, 3.05) is 0 Å². The lowest BCUT2D eigenvalue weighted by atomic mass is 9.90. The number of rotatable bonds is 6.